The van der Waals surface area contributed by atoms with Crippen LogP contribution in [-0.2, 0) is 16.0 Å². The minimum absolute atomic E-state index is 0.0160. The number of carbonyl (C=O) groups excluding carboxylic acids is 2. The summed E-state index contributed by atoms with van der Waals surface area (Å²) < 4.78 is 14.7. The molecule has 0 unspecified atom stereocenters. The number of amides is 1. The number of halogens is 4. The summed E-state index contributed by atoms with van der Waals surface area (Å²) in [6, 6.07) is 8.13. The van der Waals surface area contributed by atoms with Gasteiger partial charge in [-0.2, -0.15) is 0 Å². The van der Waals surface area contributed by atoms with Crippen molar-refractivity contribution in [3.63, 3.8) is 0 Å². The molecule has 3 aromatic rings. The van der Waals surface area contributed by atoms with Gasteiger partial charge in [0, 0.05) is 18.6 Å². The Morgan fingerprint density at radius 2 is 1.45 bits per heavy atom. The predicted octanol–water partition coefficient (Wildman–Crippen LogP) is 5.91. The highest BCUT2D eigenvalue weighted by atomic mass is 127. The van der Waals surface area contributed by atoms with E-state index in [1.165, 1.54) is 0 Å². The van der Waals surface area contributed by atoms with Gasteiger partial charge in [0.1, 0.15) is 23.1 Å². The average Bonchev–Trinajstić information content (AvgIpc) is 3.10. The maximum absolute atomic E-state index is 13.0. The van der Waals surface area contributed by atoms with Crippen LogP contribution in [0, 0.1) is 14.3 Å². The van der Waals surface area contributed by atoms with Gasteiger partial charge in [-0.15, -0.1) is 4.73 Å². The monoisotopic (exact) mass is 974 g/mol. The zero-order valence-corrected chi connectivity index (χ0v) is 28.7. The van der Waals surface area contributed by atoms with E-state index in [-0.39, 0.29) is 12.2 Å². The van der Waals surface area contributed by atoms with Crippen molar-refractivity contribution in [2.45, 2.75) is 38.8 Å². The molecule has 0 radical (unpaired) electrons. The number of alkyl carbamates (subject to hydrolysis) is 1. The number of phenolic OH excluding ortho intramolecular Hbond substituents is 1. The molecule has 1 aromatic heterocycles. The summed E-state index contributed by atoms with van der Waals surface area (Å²) in [6.45, 7) is 5.07. The van der Waals surface area contributed by atoms with Crippen molar-refractivity contribution >= 4 is 102 Å². The second-order valence-corrected chi connectivity index (χ2v) is 13.5. The van der Waals surface area contributed by atoms with Gasteiger partial charge in [0.25, 0.3) is 0 Å². The fourth-order valence-electron chi connectivity index (χ4n) is 3.07. The normalized spacial score (nSPS) is 12.1. The number of nitrogens with zero attached hydrogens (tertiary/aromatic N) is 1. The highest BCUT2D eigenvalue weighted by molar-refractivity contribution is 14.1. The molecule has 0 saturated carbocycles. The second kappa shape index (κ2) is 12.8. The number of hydrogen-bond donors (Lipinski definition) is 4. The fourth-order valence-corrected chi connectivity index (χ4v) is 6.90. The van der Waals surface area contributed by atoms with E-state index in [4.69, 9.17) is 14.3 Å². The van der Waals surface area contributed by atoms with Gasteiger partial charge in [-0.05, 0) is 141 Å². The van der Waals surface area contributed by atoms with Crippen molar-refractivity contribution in [2.75, 3.05) is 0 Å². The van der Waals surface area contributed by atoms with E-state index in [0.717, 1.165) is 19.3 Å². The molecule has 4 N–H and O–H groups in total. The molecule has 1 atom stereocenters. The van der Waals surface area contributed by atoms with Crippen molar-refractivity contribution in [1.82, 2.24) is 10.0 Å². The van der Waals surface area contributed by atoms with E-state index in [1.54, 1.807) is 45.0 Å². The van der Waals surface area contributed by atoms with Crippen LogP contribution in [0.25, 0.3) is 0 Å². The summed E-state index contributed by atoms with van der Waals surface area (Å²) in [7, 11) is 0. The van der Waals surface area contributed by atoms with Crippen molar-refractivity contribution in [3.05, 3.63) is 56.2 Å². The molecule has 0 spiro atoms. The molecule has 38 heavy (non-hydrogen) atoms. The molecule has 14 heteroatoms. The van der Waals surface area contributed by atoms with Gasteiger partial charge >= 0.3 is 12.1 Å². The number of benzene rings is 2. The van der Waals surface area contributed by atoms with Crippen LogP contribution in [-0.4, -0.2) is 43.8 Å². The van der Waals surface area contributed by atoms with Crippen molar-refractivity contribution in [2.24, 2.45) is 0 Å². The van der Waals surface area contributed by atoms with Gasteiger partial charge in [-0.1, -0.05) is 0 Å². The number of aromatic hydroxyl groups is 3. The Morgan fingerprint density at radius 1 is 0.921 bits per heavy atom. The zero-order valence-electron chi connectivity index (χ0n) is 20.1. The lowest BCUT2D eigenvalue weighted by Gasteiger charge is -2.23. The van der Waals surface area contributed by atoms with Gasteiger partial charge in [0.05, 0.1) is 14.3 Å². The first-order valence-electron chi connectivity index (χ1n) is 10.8. The highest BCUT2D eigenvalue weighted by Crippen LogP contribution is 2.37. The third-order valence-corrected chi connectivity index (χ3v) is 7.91. The van der Waals surface area contributed by atoms with E-state index in [1.807, 2.05) is 45.2 Å². The van der Waals surface area contributed by atoms with Crippen molar-refractivity contribution in [3.8, 4) is 29.0 Å². The number of carbonyl (C=O) groups is 2. The molecule has 0 aliphatic rings. The van der Waals surface area contributed by atoms with Gasteiger partial charge in [-0.25, -0.2) is 9.59 Å². The number of ether oxygens (including phenoxy) is 2. The number of hydrogen-bond acceptors (Lipinski definition) is 8. The number of aromatic nitrogens is 1. The largest absolute Gasteiger partial charge is 0.506 e. The van der Waals surface area contributed by atoms with Crippen LogP contribution >= 0.6 is 90.4 Å². The first-order chi connectivity index (χ1) is 17.6. The van der Waals surface area contributed by atoms with E-state index >= 15 is 0 Å². The number of nitrogens with one attached hydrogen (secondary N) is 1. The Labute approximate surface area is 272 Å². The van der Waals surface area contributed by atoms with Crippen LogP contribution in [0.2, 0.25) is 0 Å². The number of rotatable bonds is 7. The molecule has 0 bridgehead atoms. The lowest BCUT2D eigenvalue weighted by Crippen LogP contribution is -2.47. The zero-order chi connectivity index (χ0) is 28.4. The molecule has 10 nitrogen and oxygen atoms in total. The first kappa shape index (κ1) is 31.1. The van der Waals surface area contributed by atoms with Crippen LogP contribution in [0.3, 0.4) is 0 Å². The second-order valence-electron chi connectivity index (χ2n) is 8.88. The third-order valence-electron chi connectivity index (χ3n) is 4.66. The molecule has 0 fully saturated rings. The molecule has 2 aromatic carbocycles. The van der Waals surface area contributed by atoms with Crippen LogP contribution < -0.4 is 14.9 Å². The predicted molar refractivity (Wildman–Crippen MR) is 172 cm³/mol. The molecule has 1 amide bonds. The van der Waals surface area contributed by atoms with E-state index in [0.29, 0.717) is 28.9 Å². The minimum Gasteiger partial charge on any atom is -0.506 e. The smallest absolute Gasteiger partial charge is 0.408 e. The maximum Gasteiger partial charge on any atom is 0.408 e. The first-order valence-corrected chi connectivity index (χ1v) is 15.1. The Hall–Kier alpha value is -1.42. The Bertz CT molecular complexity index is 1300. The Kier molecular flexibility index (Phi) is 10.5. The molecular formula is C24H22I4N2O8. The fraction of sp³-hybridized carbons (Fsp3) is 0.250. The summed E-state index contributed by atoms with van der Waals surface area (Å²) in [4.78, 5) is 30.6. The lowest BCUT2D eigenvalue weighted by molar-refractivity contribution is -0.148. The summed E-state index contributed by atoms with van der Waals surface area (Å²) in [5, 5.41) is 32.2. The van der Waals surface area contributed by atoms with Gasteiger partial charge in [-0.3, -0.25) is 0 Å². The van der Waals surface area contributed by atoms with Crippen LogP contribution in [0.15, 0.2) is 36.4 Å². The average molecular weight is 974 g/mol. The van der Waals surface area contributed by atoms with Gasteiger partial charge in [0.15, 0.2) is 5.75 Å². The Morgan fingerprint density at radius 3 is 1.95 bits per heavy atom. The quantitative estimate of drug-likeness (QED) is 0.215. The van der Waals surface area contributed by atoms with Gasteiger partial charge in [0.2, 0.25) is 11.8 Å². The topological polar surface area (TPSA) is 139 Å². The van der Waals surface area contributed by atoms with Crippen LogP contribution in [0.4, 0.5) is 4.79 Å². The molecule has 204 valence electrons. The van der Waals surface area contributed by atoms with Crippen molar-refractivity contribution in [1.29, 1.82) is 0 Å². The molecule has 0 aliphatic carbocycles. The SMILES string of the molecule is CC(C)(C)OC(=O)N[C@@H](Cc1cc(I)c(Oc2cc(I)c(O)c(I)c2)c(I)c1)C(=O)On1c(O)ccc1O. The van der Waals surface area contributed by atoms with E-state index < -0.39 is 35.5 Å². The molecule has 0 aliphatic heterocycles. The van der Waals surface area contributed by atoms with E-state index in [9.17, 15) is 24.9 Å². The molecule has 1 heterocycles. The summed E-state index contributed by atoms with van der Waals surface area (Å²) in [6.07, 6.45) is -0.816. The standard InChI is InChI=1S/C24H22I4N2O8/c1-24(2,3)37-23(35)29-17(22(34)38-30-18(31)4-5-19(30)32)8-11-6-15(27)21(16(28)7-11)36-12-9-13(25)20(33)14(26)10-12/h4-7,9-10,17,31-33H,8H2,1-3H3,(H,29,35)/t17-/m0/s1. The van der Waals surface area contributed by atoms with Crippen molar-refractivity contribution < 1.29 is 39.2 Å². The molecular weight excluding hydrogens is 952 g/mol. The molecule has 3 rings (SSSR count). The van der Waals surface area contributed by atoms with Crippen LogP contribution in [0.5, 0.6) is 29.0 Å². The lowest BCUT2D eigenvalue weighted by atomic mass is 10.1. The minimum atomic E-state index is -1.22. The summed E-state index contributed by atoms with van der Waals surface area (Å²) in [5.41, 5.74) is -0.122. The van der Waals surface area contributed by atoms with Gasteiger partial charge < -0.3 is 34.9 Å². The highest BCUT2D eigenvalue weighted by Gasteiger charge is 2.28. The summed E-state index contributed by atoms with van der Waals surface area (Å²) in [5.74, 6) is -0.577. The van der Waals surface area contributed by atoms with Crippen LogP contribution in [0.1, 0.15) is 26.3 Å². The molecule has 0 saturated heterocycles. The maximum atomic E-state index is 13.0. The summed E-state index contributed by atoms with van der Waals surface area (Å²) >= 11 is 8.29. The number of phenols is 1. The third kappa shape index (κ3) is 8.29. The van der Waals surface area contributed by atoms with E-state index in [2.05, 4.69) is 50.5 Å². The Balaban J connectivity index is 1.87.